The largest absolute Gasteiger partial charge is 0.325 e. The molecule has 0 amide bonds. The minimum atomic E-state index is -0.601. The number of rotatable bonds is 6. The SMILES string of the molecule is Cc1nc2ccc(Nc3nc(=O)c4c(ncn4CCF)n3Cc3ccc(Cl)cc3)cc2s1. The highest BCUT2D eigenvalue weighted by Gasteiger charge is 2.17. The fourth-order valence-electron chi connectivity index (χ4n) is 3.62. The highest BCUT2D eigenvalue weighted by Crippen LogP contribution is 2.27. The van der Waals surface area contributed by atoms with Gasteiger partial charge in [0.15, 0.2) is 11.2 Å². The lowest BCUT2D eigenvalue weighted by atomic mass is 10.2. The number of hydrogen-bond acceptors (Lipinski definition) is 6. The number of halogens is 2. The van der Waals surface area contributed by atoms with Crippen molar-refractivity contribution in [2.24, 2.45) is 0 Å². The number of anilines is 2. The Labute approximate surface area is 191 Å². The first-order valence-corrected chi connectivity index (χ1v) is 11.1. The summed E-state index contributed by atoms with van der Waals surface area (Å²) in [5, 5.41) is 4.88. The maximum atomic E-state index is 13.0. The van der Waals surface area contributed by atoms with Crippen LogP contribution in [0.4, 0.5) is 16.0 Å². The second-order valence-electron chi connectivity index (χ2n) is 7.29. The summed E-state index contributed by atoms with van der Waals surface area (Å²) in [6.07, 6.45) is 1.47. The molecule has 5 rings (SSSR count). The van der Waals surface area contributed by atoms with Gasteiger partial charge in [-0.1, -0.05) is 23.7 Å². The van der Waals surface area contributed by atoms with Crippen LogP contribution in [0.3, 0.4) is 0 Å². The van der Waals surface area contributed by atoms with Crippen molar-refractivity contribution in [3.8, 4) is 0 Å². The van der Waals surface area contributed by atoms with E-state index in [-0.39, 0.29) is 12.1 Å². The van der Waals surface area contributed by atoms with Gasteiger partial charge in [0.25, 0.3) is 0 Å². The van der Waals surface area contributed by atoms with Crippen molar-refractivity contribution in [3.05, 3.63) is 74.7 Å². The molecule has 0 unspecified atom stereocenters. The molecule has 10 heteroatoms. The van der Waals surface area contributed by atoms with Gasteiger partial charge < -0.3 is 9.88 Å². The summed E-state index contributed by atoms with van der Waals surface area (Å²) >= 11 is 7.62. The average molecular weight is 469 g/mol. The zero-order valence-electron chi connectivity index (χ0n) is 17.0. The van der Waals surface area contributed by atoms with Gasteiger partial charge in [0.2, 0.25) is 5.95 Å². The predicted octanol–water partition coefficient (Wildman–Crippen LogP) is 4.93. The van der Waals surface area contributed by atoms with Gasteiger partial charge in [-0.2, -0.15) is 4.98 Å². The molecule has 3 aromatic heterocycles. The molecule has 0 aliphatic carbocycles. The zero-order chi connectivity index (χ0) is 22.2. The second-order valence-corrected chi connectivity index (χ2v) is 8.96. The van der Waals surface area contributed by atoms with E-state index < -0.39 is 12.2 Å². The molecule has 0 atom stereocenters. The molecule has 3 heterocycles. The Morgan fingerprint density at radius 1 is 1.16 bits per heavy atom. The van der Waals surface area contributed by atoms with Crippen LogP contribution >= 0.6 is 22.9 Å². The number of fused-ring (bicyclic) bond motifs is 2. The molecule has 0 bridgehead atoms. The molecule has 0 radical (unpaired) electrons. The van der Waals surface area contributed by atoms with Gasteiger partial charge in [-0.15, -0.1) is 11.3 Å². The fraction of sp³-hybridized carbons (Fsp3) is 0.182. The van der Waals surface area contributed by atoms with E-state index in [0.717, 1.165) is 26.5 Å². The van der Waals surface area contributed by atoms with Crippen molar-refractivity contribution >= 4 is 56.0 Å². The highest BCUT2D eigenvalue weighted by molar-refractivity contribution is 7.18. The summed E-state index contributed by atoms with van der Waals surface area (Å²) in [6, 6.07) is 13.2. The van der Waals surface area contributed by atoms with E-state index in [1.807, 2.05) is 41.8 Å². The standard InChI is InChI=1S/C22H18ClFN6OS/c1-13-26-17-7-6-16(10-18(17)32-13)27-22-28-21(31)19-20(25-12-29(19)9-8-24)30(22)11-14-2-4-15(23)5-3-14/h2-7,10,12H,8-9,11H2,1H3,(H,27,28,31). The lowest BCUT2D eigenvalue weighted by Gasteiger charge is -2.15. The van der Waals surface area contributed by atoms with Crippen molar-refractivity contribution in [1.82, 2.24) is 24.1 Å². The third-order valence-corrected chi connectivity index (χ3v) is 6.26. The van der Waals surface area contributed by atoms with Gasteiger partial charge in [0, 0.05) is 10.7 Å². The van der Waals surface area contributed by atoms with Crippen LogP contribution < -0.4 is 10.9 Å². The minimum absolute atomic E-state index is 0.0442. The Hall–Kier alpha value is -3.30. The van der Waals surface area contributed by atoms with E-state index in [0.29, 0.717) is 23.2 Å². The van der Waals surface area contributed by atoms with E-state index in [2.05, 4.69) is 20.3 Å². The summed E-state index contributed by atoms with van der Waals surface area (Å²) in [7, 11) is 0. The lowest BCUT2D eigenvalue weighted by Crippen LogP contribution is -2.20. The topological polar surface area (TPSA) is 77.6 Å². The number of alkyl halides is 1. The van der Waals surface area contributed by atoms with E-state index >= 15 is 0 Å². The summed E-state index contributed by atoms with van der Waals surface area (Å²) in [4.78, 5) is 26.0. The predicted molar refractivity (Wildman–Crippen MR) is 126 cm³/mol. The number of nitrogens with one attached hydrogen (secondary N) is 1. The molecular formula is C22H18ClFN6OS. The van der Waals surface area contributed by atoms with Crippen molar-refractivity contribution in [3.63, 3.8) is 0 Å². The molecule has 162 valence electrons. The third-order valence-electron chi connectivity index (χ3n) is 5.07. The third kappa shape index (κ3) is 3.85. The summed E-state index contributed by atoms with van der Waals surface area (Å²) in [5.74, 6) is 0.350. The molecule has 32 heavy (non-hydrogen) atoms. The van der Waals surface area contributed by atoms with Crippen LogP contribution in [0, 0.1) is 6.92 Å². The highest BCUT2D eigenvalue weighted by atomic mass is 35.5. The van der Waals surface area contributed by atoms with Crippen molar-refractivity contribution in [2.45, 2.75) is 20.0 Å². The van der Waals surface area contributed by atoms with Crippen LogP contribution in [0.15, 0.2) is 53.6 Å². The number of benzene rings is 2. The number of imidazole rings is 1. The number of aryl methyl sites for hydroxylation is 2. The number of hydrogen-bond donors (Lipinski definition) is 1. The van der Waals surface area contributed by atoms with Gasteiger partial charge in [-0.25, -0.2) is 14.4 Å². The van der Waals surface area contributed by atoms with Gasteiger partial charge >= 0.3 is 5.56 Å². The quantitative estimate of drug-likeness (QED) is 0.382. The van der Waals surface area contributed by atoms with Gasteiger partial charge in [0.1, 0.15) is 6.67 Å². The van der Waals surface area contributed by atoms with Crippen LogP contribution in [-0.4, -0.2) is 30.8 Å². The van der Waals surface area contributed by atoms with Crippen LogP contribution in [-0.2, 0) is 13.1 Å². The minimum Gasteiger partial charge on any atom is -0.325 e. The molecular weight excluding hydrogens is 451 g/mol. The number of thiazole rings is 1. The Morgan fingerprint density at radius 2 is 1.97 bits per heavy atom. The summed E-state index contributed by atoms with van der Waals surface area (Å²) in [6.45, 7) is 1.81. The van der Waals surface area contributed by atoms with Crippen molar-refractivity contribution < 1.29 is 4.39 Å². The zero-order valence-corrected chi connectivity index (χ0v) is 18.6. The van der Waals surface area contributed by atoms with Crippen LogP contribution in [0.25, 0.3) is 21.4 Å². The first-order valence-electron chi connectivity index (χ1n) is 9.92. The first kappa shape index (κ1) is 20.6. The number of aromatic nitrogens is 5. The Kier molecular flexibility index (Phi) is 5.36. The molecule has 1 N–H and O–H groups in total. The molecule has 0 fully saturated rings. The fourth-order valence-corrected chi connectivity index (χ4v) is 4.61. The van der Waals surface area contributed by atoms with Gasteiger partial charge in [-0.05, 0) is 42.8 Å². The average Bonchev–Trinajstić information content (AvgIpc) is 3.35. The molecule has 2 aromatic carbocycles. The second kappa shape index (κ2) is 8.33. The molecule has 0 saturated carbocycles. The van der Waals surface area contributed by atoms with Crippen LogP contribution in [0.2, 0.25) is 5.02 Å². The van der Waals surface area contributed by atoms with E-state index in [1.54, 1.807) is 23.5 Å². The Bertz CT molecular complexity index is 1490. The molecule has 0 spiro atoms. The van der Waals surface area contributed by atoms with Crippen molar-refractivity contribution in [2.75, 3.05) is 12.0 Å². The normalized spacial score (nSPS) is 11.5. The smallest absolute Gasteiger partial charge is 0.300 e. The molecule has 7 nitrogen and oxygen atoms in total. The van der Waals surface area contributed by atoms with Crippen LogP contribution in [0.5, 0.6) is 0 Å². The van der Waals surface area contributed by atoms with E-state index in [1.165, 1.54) is 10.9 Å². The summed E-state index contributed by atoms with van der Waals surface area (Å²) in [5.41, 5.74) is 2.90. The van der Waals surface area contributed by atoms with Crippen molar-refractivity contribution in [1.29, 1.82) is 0 Å². The maximum Gasteiger partial charge on any atom is 0.300 e. The lowest BCUT2D eigenvalue weighted by molar-refractivity contribution is 0.449. The molecule has 0 aliphatic rings. The first-order chi connectivity index (χ1) is 15.5. The molecule has 0 saturated heterocycles. The van der Waals surface area contributed by atoms with Gasteiger partial charge in [-0.3, -0.25) is 9.36 Å². The van der Waals surface area contributed by atoms with Crippen LogP contribution in [0.1, 0.15) is 10.6 Å². The Balaban J connectivity index is 1.63. The molecule has 5 aromatic rings. The summed E-state index contributed by atoms with van der Waals surface area (Å²) < 4.78 is 17.3. The maximum absolute atomic E-state index is 13.0. The Morgan fingerprint density at radius 3 is 2.75 bits per heavy atom. The van der Waals surface area contributed by atoms with E-state index in [4.69, 9.17) is 11.6 Å². The van der Waals surface area contributed by atoms with E-state index in [9.17, 15) is 9.18 Å². The molecule has 0 aliphatic heterocycles. The number of nitrogens with zero attached hydrogens (tertiary/aromatic N) is 5. The van der Waals surface area contributed by atoms with Gasteiger partial charge in [0.05, 0.1) is 34.6 Å². The monoisotopic (exact) mass is 468 g/mol.